The first-order valence-corrected chi connectivity index (χ1v) is 8.15. The molecule has 1 aliphatic rings. The van der Waals surface area contributed by atoms with Gasteiger partial charge in [0.05, 0.1) is 0 Å². The number of aromatic hydroxyl groups is 1. The molecule has 21 heavy (non-hydrogen) atoms. The summed E-state index contributed by atoms with van der Waals surface area (Å²) in [6.45, 7) is 6.80. The molecule has 0 radical (unpaired) electrons. The fourth-order valence-electron chi connectivity index (χ4n) is 3.55. The highest BCUT2D eigenvalue weighted by Crippen LogP contribution is 2.36. The maximum atomic E-state index is 10.6. The number of rotatable bonds is 3. The molecule has 2 heteroatoms. The van der Waals surface area contributed by atoms with Crippen molar-refractivity contribution in [2.45, 2.75) is 39.2 Å². The van der Waals surface area contributed by atoms with Gasteiger partial charge in [-0.1, -0.05) is 49.7 Å². The minimum Gasteiger partial charge on any atom is -0.507 e. The SMILES string of the molecule is CCC1CCN(C(C)c2ccc3ccccc3c2O)CC1. The lowest BCUT2D eigenvalue weighted by atomic mass is 9.92. The van der Waals surface area contributed by atoms with E-state index in [0.29, 0.717) is 5.75 Å². The van der Waals surface area contributed by atoms with E-state index in [9.17, 15) is 5.11 Å². The zero-order valence-corrected chi connectivity index (χ0v) is 13.0. The largest absolute Gasteiger partial charge is 0.507 e. The van der Waals surface area contributed by atoms with E-state index in [0.717, 1.165) is 35.3 Å². The van der Waals surface area contributed by atoms with Crippen molar-refractivity contribution in [1.82, 2.24) is 4.90 Å². The normalized spacial score (nSPS) is 19.0. The molecule has 0 bridgehead atoms. The molecule has 1 saturated heterocycles. The number of fused-ring (bicyclic) bond motifs is 1. The predicted octanol–water partition coefficient (Wildman–Crippen LogP) is 4.73. The number of piperidine rings is 1. The molecule has 1 N–H and O–H groups in total. The van der Waals surface area contributed by atoms with Crippen LogP contribution in [0.3, 0.4) is 0 Å². The first-order chi connectivity index (χ1) is 10.2. The van der Waals surface area contributed by atoms with Crippen LogP contribution in [0.4, 0.5) is 0 Å². The Labute approximate surface area is 127 Å². The van der Waals surface area contributed by atoms with Gasteiger partial charge in [0.2, 0.25) is 0 Å². The van der Waals surface area contributed by atoms with Crippen molar-refractivity contribution < 1.29 is 5.11 Å². The lowest BCUT2D eigenvalue weighted by Crippen LogP contribution is -2.35. The van der Waals surface area contributed by atoms with Crippen LogP contribution in [0.15, 0.2) is 36.4 Å². The summed E-state index contributed by atoms with van der Waals surface area (Å²) in [5.41, 5.74) is 1.06. The van der Waals surface area contributed by atoms with E-state index in [-0.39, 0.29) is 6.04 Å². The van der Waals surface area contributed by atoms with Crippen LogP contribution in [0.5, 0.6) is 5.75 Å². The molecule has 2 aromatic carbocycles. The average Bonchev–Trinajstić information content (AvgIpc) is 2.55. The Balaban J connectivity index is 1.85. The Morgan fingerprint density at radius 2 is 1.86 bits per heavy atom. The van der Waals surface area contributed by atoms with E-state index < -0.39 is 0 Å². The molecule has 0 saturated carbocycles. The van der Waals surface area contributed by atoms with Crippen molar-refractivity contribution in [3.05, 3.63) is 42.0 Å². The smallest absolute Gasteiger partial charge is 0.128 e. The highest BCUT2D eigenvalue weighted by molar-refractivity contribution is 5.89. The van der Waals surface area contributed by atoms with Gasteiger partial charge in [-0.15, -0.1) is 0 Å². The second kappa shape index (κ2) is 6.07. The fraction of sp³-hybridized carbons (Fsp3) is 0.474. The van der Waals surface area contributed by atoms with E-state index in [4.69, 9.17) is 0 Å². The van der Waals surface area contributed by atoms with Crippen molar-refractivity contribution in [2.75, 3.05) is 13.1 Å². The standard InChI is InChI=1S/C19H25NO/c1-3-15-10-12-20(13-11-15)14(2)17-9-8-16-6-4-5-7-18(16)19(17)21/h4-9,14-15,21H,3,10-13H2,1-2H3. The molecule has 2 nitrogen and oxygen atoms in total. The van der Waals surface area contributed by atoms with Crippen molar-refractivity contribution in [3.63, 3.8) is 0 Å². The molecule has 1 atom stereocenters. The van der Waals surface area contributed by atoms with Gasteiger partial charge in [0, 0.05) is 17.0 Å². The maximum absolute atomic E-state index is 10.6. The summed E-state index contributed by atoms with van der Waals surface area (Å²) < 4.78 is 0. The molecule has 3 rings (SSSR count). The molecule has 0 spiro atoms. The minimum atomic E-state index is 0.285. The van der Waals surface area contributed by atoms with Crippen LogP contribution in [-0.4, -0.2) is 23.1 Å². The zero-order valence-electron chi connectivity index (χ0n) is 13.0. The Hall–Kier alpha value is -1.54. The van der Waals surface area contributed by atoms with Gasteiger partial charge in [-0.05, 0) is 44.2 Å². The molecular weight excluding hydrogens is 258 g/mol. The molecule has 2 aromatic rings. The van der Waals surface area contributed by atoms with Gasteiger partial charge in [-0.2, -0.15) is 0 Å². The lowest BCUT2D eigenvalue weighted by molar-refractivity contribution is 0.138. The van der Waals surface area contributed by atoms with Gasteiger partial charge in [0.15, 0.2) is 0 Å². The lowest BCUT2D eigenvalue weighted by Gasteiger charge is -2.36. The number of hydrogen-bond acceptors (Lipinski definition) is 2. The Kier molecular flexibility index (Phi) is 4.16. The molecular formula is C19H25NO. The van der Waals surface area contributed by atoms with Crippen LogP contribution in [0.25, 0.3) is 10.8 Å². The number of phenolic OH excluding ortho intramolecular Hbond substituents is 1. The quantitative estimate of drug-likeness (QED) is 0.880. The number of likely N-dealkylation sites (tertiary alicyclic amines) is 1. The average molecular weight is 283 g/mol. The van der Waals surface area contributed by atoms with Gasteiger partial charge >= 0.3 is 0 Å². The molecule has 1 aliphatic heterocycles. The van der Waals surface area contributed by atoms with Crippen LogP contribution in [0, 0.1) is 5.92 Å². The molecule has 1 heterocycles. The Morgan fingerprint density at radius 3 is 2.57 bits per heavy atom. The van der Waals surface area contributed by atoms with E-state index in [1.54, 1.807) is 0 Å². The summed E-state index contributed by atoms with van der Waals surface area (Å²) in [6.07, 6.45) is 3.87. The second-order valence-electron chi connectivity index (χ2n) is 6.29. The van der Waals surface area contributed by atoms with Crippen LogP contribution in [0.1, 0.15) is 44.7 Å². The van der Waals surface area contributed by atoms with Crippen LogP contribution >= 0.6 is 0 Å². The van der Waals surface area contributed by atoms with Gasteiger partial charge in [-0.3, -0.25) is 4.90 Å². The molecule has 0 aliphatic carbocycles. The maximum Gasteiger partial charge on any atom is 0.128 e. The van der Waals surface area contributed by atoms with Gasteiger partial charge < -0.3 is 5.11 Å². The van der Waals surface area contributed by atoms with Crippen molar-refractivity contribution >= 4 is 10.8 Å². The topological polar surface area (TPSA) is 23.5 Å². The van der Waals surface area contributed by atoms with Crippen LogP contribution in [-0.2, 0) is 0 Å². The summed E-state index contributed by atoms with van der Waals surface area (Å²) in [5.74, 6) is 1.34. The summed E-state index contributed by atoms with van der Waals surface area (Å²) in [5, 5.41) is 12.7. The molecule has 1 fully saturated rings. The highest BCUT2D eigenvalue weighted by atomic mass is 16.3. The minimum absolute atomic E-state index is 0.285. The number of phenols is 1. The summed E-state index contributed by atoms with van der Waals surface area (Å²) in [7, 11) is 0. The highest BCUT2D eigenvalue weighted by Gasteiger charge is 2.24. The van der Waals surface area contributed by atoms with Gasteiger partial charge in [0.25, 0.3) is 0 Å². The molecule has 0 amide bonds. The van der Waals surface area contributed by atoms with Crippen molar-refractivity contribution in [2.24, 2.45) is 5.92 Å². The fourth-order valence-corrected chi connectivity index (χ4v) is 3.55. The zero-order chi connectivity index (χ0) is 14.8. The van der Waals surface area contributed by atoms with Gasteiger partial charge in [0.1, 0.15) is 5.75 Å². The number of hydrogen-bond donors (Lipinski definition) is 1. The van der Waals surface area contributed by atoms with Crippen LogP contribution < -0.4 is 0 Å². The third-order valence-electron chi connectivity index (χ3n) is 5.16. The second-order valence-corrected chi connectivity index (χ2v) is 6.29. The molecule has 1 unspecified atom stereocenters. The molecule has 112 valence electrons. The number of benzene rings is 2. The van der Waals surface area contributed by atoms with E-state index >= 15 is 0 Å². The van der Waals surface area contributed by atoms with Crippen LogP contribution in [0.2, 0.25) is 0 Å². The van der Waals surface area contributed by atoms with Crippen molar-refractivity contribution in [1.29, 1.82) is 0 Å². The van der Waals surface area contributed by atoms with E-state index in [1.165, 1.54) is 19.3 Å². The summed E-state index contributed by atoms with van der Waals surface area (Å²) in [6, 6.07) is 12.6. The number of nitrogens with zero attached hydrogens (tertiary/aromatic N) is 1. The summed E-state index contributed by atoms with van der Waals surface area (Å²) in [4.78, 5) is 2.51. The first kappa shape index (κ1) is 14.4. The van der Waals surface area contributed by atoms with Gasteiger partial charge in [-0.25, -0.2) is 0 Å². The molecule has 0 aromatic heterocycles. The monoisotopic (exact) mass is 283 g/mol. The van der Waals surface area contributed by atoms with E-state index in [2.05, 4.69) is 36.9 Å². The Morgan fingerprint density at radius 1 is 1.14 bits per heavy atom. The third kappa shape index (κ3) is 2.77. The first-order valence-electron chi connectivity index (χ1n) is 8.15. The van der Waals surface area contributed by atoms with E-state index in [1.807, 2.05) is 18.2 Å². The summed E-state index contributed by atoms with van der Waals surface area (Å²) >= 11 is 0. The third-order valence-corrected chi connectivity index (χ3v) is 5.16. The predicted molar refractivity (Wildman–Crippen MR) is 88.6 cm³/mol. The Bertz CT molecular complexity index is 614. The van der Waals surface area contributed by atoms with Crippen molar-refractivity contribution in [3.8, 4) is 5.75 Å².